The van der Waals surface area contributed by atoms with Gasteiger partial charge in [-0.25, -0.2) is 17.2 Å². The predicted octanol–water partition coefficient (Wildman–Crippen LogP) is 3.87. The highest BCUT2D eigenvalue weighted by Gasteiger charge is 2.13. The lowest BCUT2D eigenvalue weighted by Crippen LogP contribution is -2.13. The van der Waals surface area contributed by atoms with Crippen LogP contribution in [0, 0.1) is 11.6 Å². The molecule has 3 rings (SSSR count). The van der Waals surface area contributed by atoms with E-state index in [1.54, 1.807) is 6.07 Å². The van der Waals surface area contributed by atoms with E-state index in [4.69, 9.17) is 5.73 Å². The molecule has 3 aromatic rings. The van der Waals surface area contributed by atoms with Crippen molar-refractivity contribution < 1.29 is 22.0 Å². The SMILES string of the molecule is CS(=O)(=O)c1ccc(C(=O)Nc2cc(-c3ccc(F)cc3F)ccc2N)cc1. The third kappa shape index (κ3) is 4.17. The standard InChI is InChI=1S/C20H16F2N2O3S/c1-28(26,27)15-6-2-12(3-7-15)20(25)24-19-10-13(4-9-18(19)23)16-8-5-14(21)11-17(16)22/h2-11H,23H2,1H3,(H,24,25). The van der Waals surface area contributed by atoms with Crippen LogP contribution in [0.2, 0.25) is 0 Å². The molecule has 3 aromatic carbocycles. The Hall–Kier alpha value is -3.26. The number of rotatable bonds is 4. The van der Waals surface area contributed by atoms with Crippen molar-refractivity contribution in [3.05, 3.63) is 77.9 Å². The lowest BCUT2D eigenvalue weighted by molar-refractivity contribution is 0.102. The van der Waals surface area contributed by atoms with Gasteiger partial charge >= 0.3 is 0 Å². The van der Waals surface area contributed by atoms with Gasteiger partial charge in [0.15, 0.2) is 9.84 Å². The highest BCUT2D eigenvalue weighted by molar-refractivity contribution is 7.90. The van der Waals surface area contributed by atoms with E-state index in [2.05, 4.69) is 5.32 Å². The second kappa shape index (κ2) is 7.40. The van der Waals surface area contributed by atoms with E-state index in [-0.39, 0.29) is 27.4 Å². The molecular weight excluding hydrogens is 386 g/mol. The smallest absolute Gasteiger partial charge is 0.255 e. The molecule has 1 amide bonds. The van der Waals surface area contributed by atoms with Gasteiger partial charge < -0.3 is 11.1 Å². The second-order valence-electron chi connectivity index (χ2n) is 6.18. The van der Waals surface area contributed by atoms with Gasteiger partial charge in [0.05, 0.1) is 16.3 Å². The quantitative estimate of drug-likeness (QED) is 0.649. The first kappa shape index (κ1) is 19.5. The highest BCUT2D eigenvalue weighted by atomic mass is 32.2. The van der Waals surface area contributed by atoms with Gasteiger partial charge in [-0.15, -0.1) is 0 Å². The summed E-state index contributed by atoms with van der Waals surface area (Å²) in [5.74, 6) is -1.94. The molecule has 0 bridgehead atoms. The van der Waals surface area contributed by atoms with Gasteiger partial charge in [-0.2, -0.15) is 0 Å². The summed E-state index contributed by atoms with van der Waals surface area (Å²) in [6, 6.07) is 13.2. The first-order valence-corrected chi connectivity index (χ1v) is 10.0. The zero-order valence-corrected chi connectivity index (χ0v) is 15.6. The van der Waals surface area contributed by atoms with Crippen LogP contribution in [0.5, 0.6) is 0 Å². The minimum atomic E-state index is -3.37. The lowest BCUT2D eigenvalue weighted by Gasteiger charge is -2.11. The van der Waals surface area contributed by atoms with Crippen molar-refractivity contribution in [2.75, 3.05) is 17.3 Å². The number of anilines is 2. The molecule has 0 aliphatic carbocycles. The van der Waals surface area contributed by atoms with Crippen LogP contribution in [0.25, 0.3) is 11.1 Å². The normalized spacial score (nSPS) is 11.2. The zero-order chi connectivity index (χ0) is 20.5. The Morgan fingerprint density at radius 1 is 0.964 bits per heavy atom. The van der Waals surface area contributed by atoms with Crippen LogP contribution in [0.3, 0.4) is 0 Å². The highest BCUT2D eigenvalue weighted by Crippen LogP contribution is 2.29. The Kier molecular flexibility index (Phi) is 5.15. The van der Waals surface area contributed by atoms with Crippen molar-refractivity contribution in [3.8, 4) is 11.1 Å². The molecule has 0 atom stereocenters. The molecule has 5 nitrogen and oxygen atoms in total. The molecule has 0 saturated carbocycles. The summed E-state index contributed by atoms with van der Waals surface area (Å²) in [6.45, 7) is 0. The first-order valence-electron chi connectivity index (χ1n) is 8.11. The minimum absolute atomic E-state index is 0.0948. The van der Waals surface area contributed by atoms with Gasteiger partial charge in [0.2, 0.25) is 0 Å². The van der Waals surface area contributed by atoms with Crippen molar-refractivity contribution in [2.24, 2.45) is 0 Å². The fraction of sp³-hybridized carbons (Fsp3) is 0.0500. The maximum absolute atomic E-state index is 14.0. The Morgan fingerprint density at radius 3 is 2.25 bits per heavy atom. The monoisotopic (exact) mass is 402 g/mol. The van der Waals surface area contributed by atoms with Gasteiger partial charge in [0, 0.05) is 23.4 Å². The molecule has 0 radical (unpaired) electrons. The summed E-state index contributed by atoms with van der Waals surface area (Å²) >= 11 is 0. The fourth-order valence-corrected chi connectivity index (χ4v) is 3.23. The summed E-state index contributed by atoms with van der Waals surface area (Å²) < 4.78 is 50.1. The average Bonchev–Trinajstić information content (AvgIpc) is 2.63. The number of nitrogens with two attached hydrogens (primary N) is 1. The van der Waals surface area contributed by atoms with Crippen LogP contribution in [0.1, 0.15) is 10.4 Å². The lowest BCUT2D eigenvalue weighted by atomic mass is 10.0. The van der Waals surface area contributed by atoms with Crippen LogP contribution in [0.15, 0.2) is 65.6 Å². The molecular formula is C20H16F2N2O3S. The van der Waals surface area contributed by atoms with Crippen LogP contribution in [-0.2, 0) is 9.84 Å². The molecule has 0 saturated heterocycles. The van der Waals surface area contributed by atoms with Crippen LogP contribution >= 0.6 is 0 Å². The van der Waals surface area contributed by atoms with Crippen molar-refractivity contribution >= 4 is 27.1 Å². The third-order valence-electron chi connectivity index (χ3n) is 4.09. The number of nitrogens with one attached hydrogen (secondary N) is 1. The zero-order valence-electron chi connectivity index (χ0n) is 14.7. The minimum Gasteiger partial charge on any atom is -0.397 e. The molecule has 0 fully saturated rings. The number of benzene rings is 3. The van der Waals surface area contributed by atoms with E-state index in [0.29, 0.717) is 5.56 Å². The largest absolute Gasteiger partial charge is 0.397 e. The van der Waals surface area contributed by atoms with Crippen LogP contribution in [-0.4, -0.2) is 20.6 Å². The van der Waals surface area contributed by atoms with E-state index in [1.165, 1.54) is 42.5 Å². The van der Waals surface area contributed by atoms with E-state index in [1.807, 2.05) is 0 Å². The first-order chi connectivity index (χ1) is 13.1. The number of hydrogen-bond acceptors (Lipinski definition) is 4. The molecule has 0 spiro atoms. The Labute approximate surface area is 160 Å². The number of nitrogen functional groups attached to an aromatic ring is 1. The molecule has 28 heavy (non-hydrogen) atoms. The topological polar surface area (TPSA) is 89.3 Å². The average molecular weight is 402 g/mol. The molecule has 0 heterocycles. The predicted molar refractivity (Wildman–Crippen MR) is 104 cm³/mol. The molecule has 0 aliphatic rings. The fourth-order valence-electron chi connectivity index (χ4n) is 2.60. The van der Waals surface area contributed by atoms with Crippen molar-refractivity contribution in [3.63, 3.8) is 0 Å². The number of halogens is 2. The summed E-state index contributed by atoms with van der Waals surface area (Å²) in [5.41, 5.74) is 7.19. The van der Waals surface area contributed by atoms with Crippen molar-refractivity contribution in [1.29, 1.82) is 0 Å². The Balaban J connectivity index is 1.88. The molecule has 8 heteroatoms. The van der Waals surface area contributed by atoms with E-state index in [9.17, 15) is 22.0 Å². The maximum Gasteiger partial charge on any atom is 0.255 e. The molecule has 0 aromatic heterocycles. The van der Waals surface area contributed by atoms with Gasteiger partial charge in [0.1, 0.15) is 11.6 Å². The number of carbonyl (C=O) groups is 1. The number of sulfone groups is 1. The Morgan fingerprint density at radius 2 is 1.64 bits per heavy atom. The van der Waals surface area contributed by atoms with Gasteiger partial charge in [-0.1, -0.05) is 6.07 Å². The molecule has 3 N–H and O–H groups in total. The van der Waals surface area contributed by atoms with E-state index >= 15 is 0 Å². The van der Waals surface area contributed by atoms with Crippen LogP contribution < -0.4 is 11.1 Å². The van der Waals surface area contributed by atoms with Gasteiger partial charge in [-0.3, -0.25) is 4.79 Å². The molecule has 144 valence electrons. The second-order valence-corrected chi connectivity index (χ2v) is 8.19. The summed E-state index contributed by atoms with van der Waals surface area (Å²) in [5, 5.41) is 2.62. The van der Waals surface area contributed by atoms with Crippen LogP contribution in [0.4, 0.5) is 20.2 Å². The summed E-state index contributed by atoms with van der Waals surface area (Å²) in [4.78, 5) is 12.5. The number of amides is 1. The summed E-state index contributed by atoms with van der Waals surface area (Å²) in [7, 11) is -3.37. The van der Waals surface area contributed by atoms with Crippen molar-refractivity contribution in [1.82, 2.24) is 0 Å². The number of hydrogen-bond donors (Lipinski definition) is 2. The third-order valence-corrected chi connectivity index (χ3v) is 5.22. The maximum atomic E-state index is 14.0. The number of carbonyl (C=O) groups excluding carboxylic acids is 1. The molecule has 0 aliphatic heterocycles. The van der Waals surface area contributed by atoms with E-state index in [0.717, 1.165) is 18.4 Å². The van der Waals surface area contributed by atoms with Gasteiger partial charge in [-0.05, 0) is 54.1 Å². The summed E-state index contributed by atoms with van der Waals surface area (Å²) in [6.07, 6.45) is 1.07. The van der Waals surface area contributed by atoms with Gasteiger partial charge in [0.25, 0.3) is 5.91 Å². The van der Waals surface area contributed by atoms with Crippen molar-refractivity contribution in [2.45, 2.75) is 4.90 Å². The Bertz CT molecular complexity index is 1160. The van der Waals surface area contributed by atoms with E-state index < -0.39 is 27.4 Å². The molecule has 0 unspecified atom stereocenters.